The Bertz CT molecular complexity index is 1920. The Morgan fingerprint density at radius 1 is 0.266 bits per heavy atom. The first-order chi connectivity index (χ1) is 39.0. The predicted molar refractivity (Wildman–Crippen MR) is 343 cm³/mol. The van der Waals surface area contributed by atoms with Crippen LogP contribution in [0.2, 0.25) is 0 Å². The molecule has 0 amide bonds. The van der Waals surface area contributed by atoms with Crippen LogP contribution in [0.15, 0.2) is 194 Å². The van der Waals surface area contributed by atoms with Crippen molar-refractivity contribution in [2.75, 3.05) is 13.2 Å². The van der Waals surface area contributed by atoms with Crippen LogP contribution >= 0.6 is 0 Å². The van der Waals surface area contributed by atoms with Crippen molar-refractivity contribution < 1.29 is 28.6 Å². The van der Waals surface area contributed by atoms with E-state index in [0.717, 1.165) is 135 Å². The minimum Gasteiger partial charge on any atom is -0.462 e. The molecule has 0 saturated carbocycles. The monoisotopic (exact) mass is 1080 g/mol. The fraction of sp³-hybridized carbons (Fsp3) is 0.521. The minimum atomic E-state index is -0.846. The summed E-state index contributed by atoms with van der Waals surface area (Å²) in [6.45, 7) is 6.27. The van der Waals surface area contributed by atoms with Crippen LogP contribution in [0.4, 0.5) is 0 Å². The van der Waals surface area contributed by atoms with Gasteiger partial charge in [-0.25, -0.2) is 0 Å². The highest BCUT2D eigenvalue weighted by Crippen LogP contribution is 2.12. The summed E-state index contributed by atoms with van der Waals surface area (Å²) in [7, 11) is 0. The maximum atomic E-state index is 12.8. The summed E-state index contributed by atoms with van der Waals surface area (Å²) in [4.78, 5) is 38.1. The van der Waals surface area contributed by atoms with Crippen molar-refractivity contribution in [1.82, 2.24) is 0 Å². The van der Waals surface area contributed by atoms with Crippen molar-refractivity contribution >= 4 is 17.9 Å². The van der Waals surface area contributed by atoms with Crippen LogP contribution in [0.3, 0.4) is 0 Å². The smallest absolute Gasteiger partial charge is 0.306 e. The van der Waals surface area contributed by atoms with Gasteiger partial charge < -0.3 is 14.2 Å². The van der Waals surface area contributed by atoms with E-state index in [2.05, 4.69) is 203 Å². The number of allylic oxidation sites excluding steroid dienone is 32. The molecule has 438 valence electrons. The van der Waals surface area contributed by atoms with Crippen LogP contribution in [-0.2, 0) is 28.6 Å². The van der Waals surface area contributed by atoms with Gasteiger partial charge in [-0.3, -0.25) is 14.4 Å². The second kappa shape index (κ2) is 64.8. The Kier molecular flexibility index (Phi) is 60.1. The molecule has 79 heavy (non-hydrogen) atoms. The van der Waals surface area contributed by atoms with Gasteiger partial charge in [0.05, 0.1) is 0 Å². The van der Waals surface area contributed by atoms with E-state index in [1.54, 1.807) is 0 Å². The van der Waals surface area contributed by atoms with Gasteiger partial charge in [0.15, 0.2) is 6.10 Å². The van der Waals surface area contributed by atoms with Crippen molar-refractivity contribution in [3.63, 3.8) is 0 Å². The Balaban J connectivity index is 4.43. The lowest BCUT2D eigenvalue weighted by Crippen LogP contribution is -2.30. The SMILES string of the molecule is CC/C=C\C/C=C\C/C=C\C/C=C\C/C=C\C/C=C\C/C=C\C/C=C\C/C=C\C/C=C\CCCCC(=O)OCC(COC(=O)CCCCCCCCCCC)OC(=O)CC/C=C\C/C=C\C/C=C\C/C=C\C/C=C\C/C=C\CC. The van der Waals surface area contributed by atoms with E-state index in [1.165, 1.54) is 38.5 Å². The van der Waals surface area contributed by atoms with Crippen LogP contribution in [0.25, 0.3) is 0 Å². The predicted octanol–water partition coefficient (Wildman–Crippen LogP) is 21.4. The highest BCUT2D eigenvalue weighted by atomic mass is 16.6. The Morgan fingerprint density at radius 3 is 0.823 bits per heavy atom. The standard InChI is InChI=1S/C73H110O6/c1-4-7-10-13-16-19-21-23-25-27-29-30-31-32-33-34-35-36-37-38-39-40-41-42-44-45-47-49-51-54-57-60-63-66-72(75)78-69-70(68-77-71(74)65-62-59-56-53-18-15-12-9-6-3)79-73(76)67-64-61-58-55-52-50-48-46-43-28-26-24-22-20-17-14-11-8-5-2/h7-8,10-11,16-17,19-20,23-26,29-30,32-33,35-36,38-39,41-43,45-47,50-52,54,58,61,70H,4-6,9,12-15,18,21-22,27-28,31,34,37,40,44,48-49,53,55-57,59-60,62-69H2,1-3H3/b10-7-,11-8-,19-16-,20-17-,25-23-,26-24-,30-29-,33-32-,36-35-,39-38-,42-41-,46-43-,47-45-,52-50-,54-51-,61-58-. The summed E-state index contributed by atoms with van der Waals surface area (Å²) in [6, 6.07) is 0. The lowest BCUT2D eigenvalue weighted by Gasteiger charge is -2.18. The Labute approximate surface area is 484 Å². The molecule has 0 N–H and O–H groups in total. The summed E-state index contributed by atoms with van der Waals surface area (Å²) >= 11 is 0. The summed E-state index contributed by atoms with van der Waals surface area (Å²) in [5.41, 5.74) is 0. The molecule has 0 fully saturated rings. The van der Waals surface area contributed by atoms with E-state index >= 15 is 0 Å². The Hall–Kier alpha value is -5.75. The van der Waals surface area contributed by atoms with E-state index in [-0.39, 0.29) is 38.0 Å². The lowest BCUT2D eigenvalue weighted by molar-refractivity contribution is -0.166. The van der Waals surface area contributed by atoms with Gasteiger partial charge in [0, 0.05) is 19.3 Å². The van der Waals surface area contributed by atoms with Crippen LogP contribution < -0.4 is 0 Å². The molecule has 0 heterocycles. The first-order valence-electron chi connectivity index (χ1n) is 30.9. The molecule has 1 unspecified atom stereocenters. The Morgan fingerprint density at radius 2 is 0.519 bits per heavy atom. The molecule has 0 rings (SSSR count). The highest BCUT2D eigenvalue weighted by molar-refractivity contribution is 5.71. The molecule has 0 spiro atoms. The maximum absolute atomic E-state index is 12.8. The van der Waals surface area contributed by atoms with Gasteiger partial charge in [-0.05, 0) is 135 Å². The third-order valence-electron chi connectivity index (χ3n) is 12.1. The van der Waals surface area contributed by atoms with E-state index in [9.17, 15) is 14.4 Å². The van der Waals surface area contributed by atoms with E-state index in [4.69, 9.17) is 14.2 Å². The minimum absolute atomic E-state index is 0.131. The number of hydrogen-bond donors (Lipinski definition) is 0. The van der Waals surface area contributed by atoms with Gasteiger partial charge in [0.1, 0.15) is 13.2 Å². The molecule has 6 heteroatoms. The van der Waals surface area contributed by atoms with Crippen molar-refractivity contribution in [1.29, 1.82) is 0 Å². The van der Waals surface area contributed by atoms with Crippen LogP contribution in [0, 0.1) is 0 Å². The molecular formula is C73H110O6. The zero-order valence-corrected chi connectivity index (χ0v) is 50.0. The zero-order chi connectivity index (χ0) is 57.1. The molecule has 0 aliphatic rings. The molecular weight excluding hydrogens is 973 g/mol. The highest BCUT2D eigenvalue weighted by Gasteiger charge is 2.19. The molecule has 0 aliphatic carbocycles. The molecule has 6 nitrogen and oxygen atoms in total. The van der Waals surface area contributed by atoms with Crippen LogP contribution in [-0.4, -0.2) is 37.2 Å². The summed E-state index contributed by atoms with van der Waals surface area (Å²) in [5.74, 6) is -1.08. The van der Waals surface area contributed by atoms with Crippen molar-refractivity contribution in [2.24, 2.45) is 0 Å². The van der Waals surface area contributed by atoms with Gasteiger partial charge in [0.2, 0.25) is 0 Å². The topological polar surface area (TPSA) is 78.9 Å². The molecule has 0 aromatic heterocycles. The maximum Gasteiger partial charge on any atom is 0.306 e. The third kappa shape index (κ3) is 63.0. The van der Waals surface area contributed by atoms with E-state index in [0.29, 0.717) is 19.3 Å². The number of hydrogen-bond acceptors (Lipinski definition) is 6. The fourth-order valence-corrected chi connectivity index (χ4v) is 7.55. The van der Waals surface area contributed by atoms with Gasteiger partial charge in [0.25, 0.3) is 0 Å². The zero-order valence-electron chi connectivity index (χ0n) is 50.0. The normalized spacial score (nSPS) is 13.5. The average Bonchev–Trinajstić information content (AvgIpc) is 3.45. The number of ether oxygens (including phenoxy) is 3. The molecule has 0 saturated heterocycles. The second-order valence-corrected chi connectivity index (χ2v) is 19.5. The number of esters is 3. The quantitative estimate of drug-likeness (QED) is 0.0261. The molecule has 1 atom stereocenters. The summed E-state index contributed by atoms with van der Waals surface area (Å²) in [5, 5.41) is 0. The number of unbranched alkanes of at least 4 members (excludes halogenated alkanes) is 10. The number of carbonyl (C=O) groups excluding carboxylic acids is 3. The largest absolute Gasteiger partial charge is 0.462 e. The first-order valence-corrected chi connectivity index (χ1v) is 30.9. The summed E-state index contributed by atoms with van der Waals surface area (Å²) < 4.78 is 16.7. The fourth-order valence-electron chi connectivity index (χ4n) is 7.55. The molecule has 0 bridgehead atoms. The number of rotatable bonds is 53. The van der Waals surface area contributed by atoms with E-state index < -0.39 is 12.1 Å². The summed E-state index contributed by atoms with van der Waals surface area (Å²) in [6.07, 6.45) is 98.9. The van der Waals surface area contributed by atoms with Crippen molar-refractivity contribution in [2.45, 2.75) is 232 Å². The molecule has 0 aromatic rings. The number of carbonyl (C=O) groups is 3. The lowest BCUT2D eigenvalue weighted by atomic mass is 10.1. The third-order valence-corrected chi connectivity index (χ3v) is 12.1. The molecule has 0 radical (unpaired) electrons. The van der Waals surface area contributed by atoms with Crippen LogP contribution in [0.5, 0.6) is 0 Å². The van der Waals surface area contributed by atoms with Crippen molar-refractivity contribution in [3.05, 3.63) is 194 Å². The van der Waals surface area contributed by atoms with Gasteiger partial charge in [-0.2, -0.15) is 0 Å². The van der Waals surface area contributed by atoms with Gasteiger partial charge >= 0.3 is 17.9 Å². The van der Waals surface area contributed by atoms with Crippen LogP contribution in [0.1, 0.15) is 226 Å². The van der Waals surface area contributed by atoms with Crippen molar-refractivity contribution in [3.8, 4) is 0 Å². The van der Waals surface area contributed by atoms with E-state index in [1.807, 2.05) is 12.2 Å². The van der Waals surface area contributed by atoms with Gasteiger partial charge in [-0.1, -0.05) is 267 Å². The van der Waals surface area contributed by atoms with Gasteiger partial charge in [-0.15, -0.1) is 0 Å². The molecule has 0 aromatic carbocycles. The average molecular weight is 1080 g/mol. The first kappa shape index (κ1) is 73.2. The molecule has 0 aliphatic heterocycles. The second-order valence-electron chi connectivity index (χ2n) is 19.5.